The Morgan fingerprint density at radius 3 is 2.44 bits per heavy atom. The molecule has 0 fully saturated rings. The SMILES string of the molecule is CCn1c(Cc2ccc(Cl)cc2)nnc1SCC(=O)Nc1nc(-c2ccc(Cl)cc2)cs1. The zero-order chi connectivity index (χ0) is 22.5. The first-order valence-corrected chi connectivity index (χ1v) is 12.4. The van der Waals surface area contributed by atoms with Crippen molar-refractivity contribution in [2.75, 3.05) is 11.1 Å². The Balaban J connectivity index is 1.35. The summed E-state index contributed by atoms with van der Waals surface area (Å²) in [4.78, 5) is 16.9. The highest BCUT2D eigenvalue weighted by molar-refractivity contribution is 7.99. The number of thiazole rings is 1. The van der Waals surface area contributed by atoms with Crippen LogP contribution < -0.4 is 5.32 Å². The number of hydrogen-bond donors (Lipinski definition) is 1. The van der Waals surface area contributed by atoms with Gasteiger partial charge >= 0.3 is 0 Å². The lowest BCUT2D eigenvalue weighted by Crippen LogP contribution is -2.14. The number of halogens is 2. The van der Waals surface area contributed by atoms with Crippen molar-refractivity contribution in [2.45, 2.75) is 25.0 Å². The van der Waals surface area contributed by atoms with Gasteiger partial charge in [0.15, 0.2) is 10.3 Å². The van der Waals surface area contributed by atoms with E-state index in [0.29, 0.717) is 26.8 Å². The molecule has 0 radical (unpaired) electrons. The highest BCUT2D eigenvalue weighted by Crippen LogP contribution is 2.26. The second kappa shape index (κ2) is 10.5. The van der Waals surface area contributed by atoms with E-state index in [0.717, 1.165) is 29.2 Å². The molecular formula is C22H19Cl2N5OS2. The third-order valence-corrected chi connectivity index (χ3v) is 6.84. The third kappa shape index (κ3) is 5.69. The summed E-state index contributed by atoms with van der Waals surface area (Å²) in [7, 11) is 0. The van der Waals surface area contributed by atoms with E-state index in [1.807, 2.05) is 65.4 Å². The molecule has 0 bridgehead atoms. The second-order valence-corrected chi connectivity index (χ2v) is 9.50. The van der Waals surface area contributed by atoms with E-state index in [1.54, 1.807) is 0 Å². The van der Waals surface area contributed by atoms with Crippen LogP contribution in [0, 0.1) is 0 Å². The molecule has 1 N–H and O–H groups in total. The van der Waals surface area contributed by atoms with Crippen LogP contribution in [0.2, 0.25) is 10.0 Å². The van der Waals surface area contributed by atoms with Gasteiger partial charge in [-0.15, -0.1) is 21.5 Å². The highest BCUT2D eigenvalue weighted by atomic mass is 35.5. The summed E-state index contributed by atoms with van der Waals surface area (Å²) in [6, 6.07) is 15.1. The predicted molar refractivity (Wildman–Crippen MR) is 132 cm³/mol. The van der Waals surface area contributed by atoms with Gasteiger partial charge in [0.05, 0.1) is 11.4 Å². The molecular weight excluding hydrogens is 485 g/mol. The van der Waals surface area contributed by atoms with Crippen molar-refractivity contribution in [2.24, 2.45) is 0 Å². The number of nitrogens with zero attached hydrogens (tertiary/aromatic N) is 4. The normalized spacial score (nSPS) is 11.0. The van der Waals surface area contributed by atoms with Crippen molar-refractivity contribution in [1.29, 1.82) is 0 Å². The molecule has 2 aromatic heterocycles. The van der Waals surface area contributed by atoms with Crippen LogP contribution in [0.3, 0.4) is 0 Å². The maximum atomic E-state index is 12.5. The number of thioether (sulfide) groups is 1. The minimum Gasteiger partial charge on any atom is -0.306 e. The number of carbonyl (C=O) groups excluding carboxylic acids is 1. The molecule has 6 nitrogen and oxygen atoms in total. The lowest BCUT2D eigenvalue weighted by Gasteiger charge is -2.07. The van der Waals surface area contributed by atoms with E-state index in [-0.39, 0.29) is 11.7 Å². The molecule has 0 spiro atoms. The smallest absolute Gasteiger partial charge is 0.236 e. The van der Waals surface area contributed by atoms with E-state index in [2.05, 4.69) is 20.5 Å². The Labute approximate surface area is 204 Å². The van der Waals surface area contributed by atoms with Gasteiger partial charge in [0.1, 0.15) is 5.82 Å². The first-order chi connectivity index (χ1) is 15.5. The number of amides is 1. The predicted octanol–water partition coefficient (Wildman–Crippen LogP) is 6.05. The van der Waals surface area contributed by atoms with Gasteiger partial charge in [-0.05, 0) is 36.8 Å². The molecule has 4 rings (SSSR count). The van der Waals surface area contributed by atoms with Crippen molar-refractivity contribution >= 4 is 57.3 Å². The summed E-state index contributed by atoms with van der Waals surface area (Å²) in [5.41, 5.74) is 2.85. The van der Waals surface area contributed by atoms with Crippen LogP contribution in [0.1, 0.15) is 18.3 Å². The lowest BCUT2D eigenvalue weighted by atomic mass is 10.1. The van der Waals surface area contributed by atoms with E-state index < -0.39 is 0 Å². The van der Waals surface area contributed by atoms with Crippen molar-refractivity contribution in [3.05, 3.63) is 75.3 Å². The average molecular weight is 504 g/mol. The molecule has 0 saturated heterocycles. The van der Waals surface area contributed by atoms with E-state index >= 15 is 0 Å². The fourth-order valence-corrected chi connectivity index (χ4v) is 4.84. The van der Waals surface area contributed by atoms with Crippen LogP contribution in [0.25, 0.3) is 11.3 Å². The van der Waals surface area contributed by atoms with E-state index in [4.69, 9.17) is 23.2 Å². The fraction of sp³-hybridized carbons (Fsp3) is 0.182. The van der Waals surface area contributed by atoms with Crippen molar-refractivity contribution in [3.63, 3.8) is 0 Å². The maximum absolute atomic E-state index is 12.5. The monoisotopic (exact) mass is 503 g/mol. The zero-order valence-corrected chi connectivity index (χ0v) is 20.2. The van der Waals surface area contributed by atoms with Gasteiger partial charge in [-0.2, -0.15) is 0 Å². The summed E-state index contributed by atoms with van der Waals surface area (Å²) in [6.45, 7) is 2.75. The molecule has 4 aromatic rings. The summed E-state index contributed by atoms with van der Waals surface area (Å²) >= 11 is 14.6. The topological polar surface area (TPSA) is 72.7 Å². The second-order valence-electron chi connectivity index (χ2n) is 6.83. The van der Waals surface area contributed by atoms with E-state index in [1.165, 1.54) is 23.1 Å². The van der Waals surface area contributed by atoms with Gasteiger partial charge in [0.25, 0.3) is 0 Å². The molecule has 1 amide bonds. The largest absolute Gasteiger partial charge is 0.306 e. The van der Waals surface area contributed by atoms with Gasteiger partial charge in [-0.3, -0.25) is 4.79 Å². The molecule has 0 atom stereocenters. The number of rotatable bonds is 8. The Hall–Kier alpha value is -2.39. The fourth-order valence-electron chi connectivity index (χ4n) is 3.03. The Morgan fingerprint density at radius 1 is 1.06 bits per heavy atom. The molecule has 2 aromatic carbocycles. The maximum Gasteiger partial charge on any atom is 0.236 e. The van der Waals surface area contributed by atoms with Crippen LogP contribution in [-0.4, -0.2) is 31.4 Å². The molecule has 0 aliphatic heterocycles. The van der Waals surface area contributed by atoms with Crippen LogP contribution >= 0.6 is 46.3 Å². The quantitative estimate of drug-likeness (QED) is 0.296. The van der Waals surface area contributed by atoms with Gasteiger partial charge in [0.2, 0.25) is 5.91 Å². The molecule has 0 aliphatic rings. The Morgan fingerprint density at radius 2 is 1.75 bits per heavy atom. The number of anilines is 1. The summed E-state index contributed by atoms with van der Waals surface area (Å²) in [6.07, 6.45) is 0.650. The standard InChI is InChI=1S/C22H19Cl2N5OS2/c1-2-29-19(11-14-3-7-16(23)8-4-14)27-28-22(29)32-13-20(30)26-21-25-18(12-31-21)15-5-9-17(24)10-6-15/h3-10,12H,2,11,13H2,1H3,(H,25,26,30). The molecule has 10 heteroatoms. The first-order valence-electron chi connectivity index (χ1n) is 9.82. The average Bonchev–Trinajstić information content (AvgIpc) is 3.41. The van der Waals surface area contributed by atoms with Crippen LogP contribution in [-0.2, 0) is 17.8 Å². The molecule has 0 aliphatic carbocycles. The van der Waals surface area contributed by atoms with E-state index in [9.17, 15) is 4.79 Å². The van der Waals surface area contributed by atoms with Crippen LogP contribution in [0.15, 0.2) is 59.1 Å². The number of carbonyl (C=O) groups is 1. The van der Waals surface area contributed by atoms with Gasteiger partial charge in [-0.25, -0.2) is 4.98 Å². The van der Waals surface area contributed by atoms with Crippen molar-refractivity contribution < 1.29 is 4.79 Å². The van der Waals surface area contributed by atoms with Gasteiger partial charge in [-0.1, -0.05) is 59.2 Å². The number of hydrogen-bond acceptors (Lipinski definition) is 6. The third-order valence-electron chi connectivity index (χ3n) is 4.61. The highest BCUT2D eigenvalue weighted by Gasteiger charge is 2.15. The summed E-state index contributed by atoms with van der Waals surface area (Å²) < 4.78 is 2.02. The minimum atomic E-state index is -0.142. The number of nitrogens with one attached hydrogen (secondary N) is 1. The molecule has 0 saturated carbocycles. The summed E-state index contributed by atoms with van der Waals surface area (Å²) in [5, 5.41) is 16.0. The van der Waals surface area contributed by atoms with Gasteiger partial charge < -0.3 is 9.88 Å². The van der Waals surface area contributed by atoms with Crippen molar-refractivity contribution in [3.8, 4) is 11.3 Å². The number of aromatic nitrogens is 4. The number of benzene rings is 2. The van der Waals surface area contributed by atoms with Gasteiger partial charge in [0, 0.05) is 34.0 Å². The molecule has 32 heavy (non-hydrogen) atoms. The Kier molecular flexibility index (Phi) is 7.47. The van der Waals surface area contributed by atoms with Crippen LogP contribution in [0.4, 0.5) is 5.13 Å². The molecule has 2 heterocycles. The van der Waals surface area contributed by atoms with Crippen LogP contribution in [0.5, 0.6) is 0 Å². The molecule has 0 unspecified atom stereocenters. The van der Waals surface area contributed by atoms with Crippen molar-refractivity contribution in [1.82, 2.24) is 19.7 Å². The summed E-state index contributed by atoms with van der Waals surface area (Å²) in [5.74, 6) is 0.928. The lowest BCUT2D eigenvalue weighted by molar-refractivity contribution is -0.113. The molecule has 164 valence electrons. The first kappa shape index (κ1) is 22.8. The minimum absolute atomic E-state index is 0.142. The zero-order valence-electron chi connectivity index (χ0n) is 17.1. The Bertz CT molecular complexity index is 1210.